The number of aliphatic hydroxyl groups is 1. The zero-order chi connectivity index (χ0) is 21.2. The van der Waals surface area contributed by atoms with Gasteiger partial charge >= 0.3 is 0 Å². The number of β-amino-alcohol motifs (C(OH)–C–C–N with tert-alkyl or cyclic N) is 1. The molecule has 2 bridgehead atoms. The number of aromatic nitrogens is 1. The molecule has 1 aromatic heterocycles. The summed E-state index contributed by atoms with van der Waals surface area (Å²) in [4.78, 5) is 6.64. The Morgan fingerprint density at radius 1 is 1.06 bits per heavy atom. The summed E-state index contributed by atoms with van der Waals surface area (Å²) < 4.78 is 17.1. The Labute approximate surface area is 182 Å². The molecule has 162 valence electrons. The van der Waals surface area contributed by atoms with Crippen molar-refractivity contribution in [2.45, 2.75) is 31.2 Å². The average Bonchev–Trinajstić information content (AvgIpc) is 3.15. The molecule has 3 atom stereocenters. The molecule has 1 N–H and O–H groups in total. The summed E-state index contributed by atoms with van der Waals surface area (Å²) in [5, 5.41) is 12.7. The van der Waals surface area contributed by atoms with Gasteiger partial charge in [-0.25, -0.2) is 4.98 Å². The molecule has 0 spiro atoms. The molecule has 1 unspecified atom stereocenters. The van der Waals surface area contributed by atoms with Gasteiger partial charge in [-0.2, -0.15) is 0 Å². The first-order valence-corrected chi connectivity index (χ1v) is 10.9. The fourth-order valence-electron chi connectivity index (χ4n) is 4.69. The third-order valence-corrected chi connectivity index (χ3v) is 6.16. The molecule has 3 heterocycles. The monoisotopic (exact) mass is 420 g/mol. The van der Waals surface area contributed by atoms with Crippen molar-refractivity contribution >= 4 is 10.8 Å². The van der Waals surface area contributed by atoms with Crippen LogP contribution in [0.4, 0.5) is 0 Å². The molecule has 6 heteroatoms. The van der Waals surface area contributed by atoms with Crippen LogP contribution < -0.4 is 9.47 Å². The summed E-state index contributed by atoms with van der Waals surface area (Å²) in [5.41, 5.74) is 2.10. The lowest BCUT2D eigenvalue weighted by molar-refractivity contribution is -0.0528. The van der Waals surface area contributed by atoms with Gasteiger partial charge in [0.25, 0.3) is 0 Å². The smallest absolute Gasteiger partial charge is 0.212 e. The number of pyridine rings is 1. The Hall–Kier alpha value is -2.67. The minimum atomic E-state index is -0.540. The molecule has 0 amide bonds. The third kappa shape index (κ3) is 4.37. The van der Waals surface area contributed by atoms with Crippen molar-refractivity contribution in [1.29, 1.82) is 0 Å². The average molecular weight is 421 g/mol. The van der Waals surface area contributed by atoms with Gasteiger partial charge in [0.2, 0.25) is 5.88 Å². The number of nitrogens with zero attached hydrogens (tertiary/aromatic N) is 2. The number of fused-ring (bicyclic) bond motifs is 3. The molecule has 2 fully saturated rings. The highest BCUT2D eigenvalue weighted by molar-refractivity contribution is 6.00. The van der Waals surface area contributed by atoms with Gasteiger partial charge in [-0.3, -0.25) is 4.90 Å². The predicted molar refractivity (Wildman–Crippen MR) is 120 cm³/mol. The number of benzene rings is 2. The summed E-state index contributed by atoms with van der Waals surface area (Å²) >= 11 is 0. The Bertz CT molecular complexity index is 1030. The second-order valence-corrected chi connectivity index (χ2v) is 8.39. The predicted octanol–water partition coefficient (Wildman–Crippen LogP) is 3.51. The molecule has 3 aromatic rings. The first-order chi connectivity index (χ1) is 15.2. The van der Waals surface area contributed by atoms with E-state index in [-0.39, 0.29) is 6.61 Å². The van der Waals surface area contributed by atoms with E-state index in [9.17, 15) is 5.11 Å². The zero-order valence-corrected chi connectivity index (χ0v) is 17.7. The number of rotatable bonds is 7. The minimum absolute atomic E-state index is 0.264. The fraction of sp³-hybridized carbons (Fsp3) is 0.400. The van der Waals surface area contributed by atoms with Crippen LogP contribution >= 0.6 is 0 Å². The summed E-state index contributed by atoms with van der Waals surface area (Å²) in [5.74, 6) is 1.37. The molecular weight excluding hydrogens is 392 g/mol. The lowest BCUT2D eigenvalue weighted by atomic mass is 9.99. The molecule has 2 saturated heterocycles. The molecule has 0 saturated carbocycles. The first-order valence-electron chi connectivity index (χ1n) is 10.9. The maximum atomic E-state index is 10.6. The molecular formula is C25H28N2O4. The van der Waals surface area contributed by atoms with Crippen molar-refractivity contribution in [3.63, 3.8) is 0 Å². The number of methoxy groups -OCH3 is 1. The highest BCUT2D eigenvalue weighted by Gasteiger charge is 2.34. The van der Waals surface area contributed by atoms with Gasteiger partial charge < -0.3 is 19.3 Å². The largest absolute Gasteiger partial charge is 0.490 e. The van der Waals surface area contributed by atoms with Crippen LogP contribution in [0.2, 0.25) is 0 Å². The molecule has 2 aromatic carbocycles. The van der Waals surface area contributed by atoms with E-state index in [1.54, 1.807) is 7.11 Å². The van der Waals surface area contributed by atoms with Crippen molar-refractivity contribution < 1.29 is 19.3 Å². The van der Waals surface area contributed by atoms with E-state index in [1.807, 2.05) is 42.6 Å². The van der Waals surface area contributed by atoms with Crippen LogP contribution in [0.15, 0.2) is 54.7 Å². The van der Waals surface area contributed by atoms with Crippen molar-refractivity contribution in [2.75, 3.05) is 33.4 Å². The third-order valence-electron chi connectivity index (χ3n) is 6.16. The summed E-state index contributed by atoms with van der Waals surface area (Å²) in [7, 11) is 1.61. The van der Waals surface area contributed by atoms with Gasteiger partial charge in [-0.05, 0) is 42.0 Å². The fourth-order valence-corrected chi connectivity index (χ4v) is 4.69. The SMILES string of the molecule is COc1ccc(-c2ccc(OCC(O)CN3C[C@H]4CC[C@@H](C3)O4)c3ccccc23)cn1. The van der Waals surface area contributed by atoms with Crippen LogP contribution in [0, 0.1) is 0 Å². The summed E-state index contributed by atoms with van der Waals surface area (Å²) in [6.07, 6.45) is 4.21. The molecule has 2 aliphatic heterocycles. The maximum absolute atomic E-state index is 10.6. The molecule has 31 heavy (non-hydrogen) atoms. The van der Waals surface area contributed by atoms with Crippen LogP contribution in [0.1, 0.15) is 12.8 Å². The van der Waals surface area contributed by atoms with Crippen LogP contribution in [0.3, 0.4) is 0 Å². The quantitative estimate of drug-likeness (QED) is 0.631. The van der Waals surface area contributed by atoms with E-state index in [1.165, 1.54) is 0 Å². The van der Waals surface area contributed by atoms with Crippen molar-refractivity contribution in [3.8, 4) is 22.8 Å². The van der Waals surface area contributed by atoms with Gasteiger partial charge in [0.15, 0.2) is 0 Å². The normalized spacial score (nSPS) is 21.9. The lowest BCUT2D eigenvalue weighted by Crippen LogP contribution is -2.46. The maximum Gasteiger partial charge on any atom is 0.212 e. The topological polar surface area (TPSA) is 64.0 Å². The lowest BCUT2D eigenvalue weighted by Gasteiger charge is -2.33. The van der Waals surface area contributed by atoms with E-state index in [2.05, 4.69) is 22.0 Å². The van der Waals surface area contributed by atoms with Gasteiger partial charge in [0.05, 0.1) is 19.3 Å². The van der Waals surface area contributed by atoms with E-state index in [0.29, 0.717) is 24.6 Å². The van der Waals surface area contributed by atoms with Crippen LogP contribution in [0.25, 0.3) is 21.9 Å². The van der Waals surface area contributed by atoms with Crippen molar-refractivity contribution in [2.24, 2.45) is 0 Å². The number of morpholine rings is 1. The Balaban J connectivity index is 1.30. The van der Waals surface area contributed by atoms with Crippen LogP contribution in [0.5, 0.6) is 11.6 Å². The van der Waals surface area contributed by atoms with Crippen molar-refractivity contribution in [1.82, 2.24) is 9.88 Å². The second kappa shape index (κ2) is 8.83. The van der Waals surface area contributed by atoms with E-state index in [0.717, 1.165) is 53.6 Å². The Morgan fingerprint density at radius 3 is 2.55 bits per heavy atom. The minimum Gasteiger partial charge on any atom is -0.490 e. The van der Waals surface area contributed by atoms with E-state index >= 15 is 0 Å². The summed E-state index contributed by atoms with van der Waals surface area (Å²) in [6, 6.07) is 16.1. The molecule has 0 radical (unpaired) electrons. The molecule has 0 aliphatic carbocycles. The number of likely N-dealkylation sites (tertiary alicyclic amines) is 1. The van der Waals surface area contributed by atoms with E-state index in [4.69, 9.17) is 14.2 Å². The number of hydrogen-bond donors (Lipinski definition) is 1. The highest BCUT2D eigenvalue weighted by Crippen LogP contribution is 2.34. The van der Waals surface area contributed by atoms with Gasteiger partial charge in [-0.1, -0.05) is 24.3 Å². The second-order valence-electron chi connectivity index (χ2n) is 8.39. The molecule has 2 aliphatic rings. The molecule has 5 rings (SSSR count). The van der Waals surface area contributed by atoms with Crippen LogP contribution in [-0.4, -0.2) is 66.7 Å². The van der Waals surface area contributed by atoms with Gasteiger partial charge in [-0.15, -0.1) is 0 Å². The molecule has 6 nitrogen and oxygen atoms in total. The van der Waals surface area contributed by atoms with Gasteiger partial charge in [0.1, 0.15) is 18.5 Å². The number of hydrogen-bond acceptors (Lipinski definition) is 6. The highest BCUT2D eigenvalue weighted by atomic mass is 16.5. The summed E-state index contributed by atoms with van der Waals surface area (Å²) in [6.45, 7) is 2.69. The van der Waals surface area contributed by atoms with Crippen molar-refractivity contribution in [3.05, 3.63) is 54.7 Å². The van der Waals surface area contributed by atoms with Crippen LogP contribution in [-0.2, 0) is 4.74 Å². The van der Waals surface area contributed by atoms with Gasteiger partial charge in [0, 0.05) is 42.8 Å². The number of ether oxygens (including phenoxy) is 3. The Kier molecular flexibility index (Phi) is 5.76. The Morgan fingerprint density at radius 2 is 1.84 bits per heavy atom. The first kappa shape index (κ1) is 20.2. The zero-order valence-electron chi connectivity index (χ0n) is 17.7. The standard InChI is InChI=1S/C25H28N2O4/c1-29-25-11-6-17(12-26-25)21-9-10-24(23-5-3-2-4-22(21)23)30-16-18(28)13-27-14-19-7-8-20(15-27)31-19/h2-6,9-12,18-20,28H,7-8,13-16H2,1H3/t18?,19-,20+. The van der Waals surface area contributed by atoms with E-state index < -0.39 is 6.10 Å². The number of aliphatic hydroxyl groups excluding tert-OH is 1.